The van der Waals surface area contributed by atoms with Crippen LogP contribution in [-0.4, -0.2) is 45.0 Å². The lowest BCUT2D eigenvalue weighted by atomic mass is 10.1. The topological polar surface area (TPSA) is 69.9 Å². The van der Waals surface area contributed by atoms with Gasteiger partial charge in [0.05, 0.1) is 6.61 Å². The van der Waals surface area contributed by atoms with Gasteiger partial charge in [0.25, 0.3) is 0 Å². The van der Waals surface area contributed by atoms with Crippen LogP contribution in [-0.2, 0) is 4.74 Å². The van der Waals surface area contributed by atoms with E-state index in [1.807, 2.05) is 0 Å². The molecule has 0 radical (unpaired) electrons. The first-order valence-electron chi connectivity index (χ1n) is 3.00. The van der Waals surface area contributed by atoms with Crippen molar-refractivity contribution in [3.8, 4) is 0 Å². The molecule has 0 aliphatic carbocycles. The molecule has 1 saturated heterocycles. The van der Waals surface area contributed by atoms with E-state index in [1.165, 1.54) is 0 Å². The normalized spacial score (nSPS) is 52.6. The molecule has 1 aliphatic rings. The third-order valence-corrected chi connectivity index (χ3v) is 2.37. The van der Waals surface area contributed by atoms with Gasteiger partial charge >= 0.3 is 0 Å². The zero-order valence-electron chi connectivity index (χ0n) is 5.44. The Labute approximate surface area is 70.7 Å². The van der Waals surface area contributed by atoms with Gasteiger partial charge in [-0.15, -0.1) is 0 Å². The minimum absolute atomic E-state index is 0.278. The number of alkyl halides is 2. The average molecular weight is 231 g/mol. The largest absolute Gasteiger partial charge is 0.388 e. The summed E-state index contributed by atoms with van der Waals surface area (Å²) in [4.78, 5) is 0. The third-order valence-electron chi connectivity index (χ3n) is 1.51. The molecule has 0 aromatic heterocycles. The van der Waals surface area contributed by atoms with Gasteiger partial charge in [0.1, 0.15) is 12.2 Å². The summed E-state index contributed by atoms with van der Waals surface area (Å²) in [5.41, 5.74) is 0. The molecule has 0 bridgehead atoms. The fraction of sp³-hybridized carbons (Fsp3) is 1.00. The Hall–Kier alpha value is 0.250. The van der Waals surface area contributed by atoms with Gasteiger partial charge in [0.15, 0.2) is 0 Å². The molecule has 3 N–H and O–H groups in total. The van der Waals surface area contributed by atoms with E-state index in [2.05, 4.69) is 20.7 Å². The SMILES string of the molecule is OC1OC[C@@H](O)[C@@H](O)[C@]1(F)Br. The maximum absolute atomic E-state index is 13.0. The summed E-state index contributed by atoms with van der Waals surface area (Å²) in [6.45, 7) is -0.278. The number of hydrogen-bond donors (Lipinski definition) is 3. The molecule has 1 fully saturated rings. The lowest BCUT2D eigenvalue weighted by molar-refractivity contribution is -0.243. The van der Waals surface area contributed by atoms with Crippen molar-refractivity contribution in [1.82, 2.24) is 0 Å². The van der Waals surface area contributed by atoms with E-state index < -0.39 is 23.1 Å². The molecule has 6 heteroatoms. The van der Waals surface area contributed by atoms with Gasteiger partial charge in [-0.3, -0.25) is 0 Å². The average Bonchev–Trinajstić information content (AvgIpc) is 1.95. The molecule has 0 amide bonds. The highest BCUT2D eigenvalue weighted by Gasteiger charge is 2.50. The second-order valence-electron chi connectivity index (χ2n) is 2.37. The summed E-state index contributed by atoms with van der Waals surface area (Å²) in [5, 5.41) is 26.6. The number of aliphatic hydroxyl groups is 3. The molecule has 1 heterocycles. The summed E-state index contributed by atoms with van der Waals surface area (Å²) < 4.78 is 15.0. The lowest BCUT2D eigenvalue weighted by Crippen LogP contribution is -2.56. The standard InChI is InChI=1S/C5H8BrFO4/c6-5(7)3(9)2(8)1-11-4(5)10/h2-4,8-10H,1H2/t2-,3-,4?,5-/m1/s1. The molecule has 1 aliphatic heterocycles. The smallest absolute Gasteiger partial charge is 0.243 e. The molecular formula is C5H8BrFO4. The van der Waals surface area contributed by atoms with Crippen molar-refractivity contribution in [1.29, 1.82) is 0 Å². The molecular weight excluding hydrogens is 223 g/mol. The summed E-state index contributed by atoms with van der Waals surface area (Å²) >= 11 is 2.41. The minimum atomic E-state index is -2.48. The van der Waals surface area contributed by atoms with Gasteiger partial charge in [-0.1, -0.05) is 0 Å². The Morgan fingerprint density at radius 3 is 2.45 bits per heavy atom. The Morgan fingerprint density at radius 1 is 1.45 bits per heavy atom. The van der Waals surface area contributed by atoms with Crippen LogP contribution >= 0.6 is 15.9 Å². The van der Waals surface area contributed by atoms with Crippen LogP contribution in [0.2, 0.25) is 0 Å². The molecule has 0 spiro atoms. The number of halogens is 2. The van der Waals surface area contributed by atoms with Crippen LogP contribution in [0.5, 0.6) is 0 Å². The van der Waals surface area contributed by atoms with Crippen LogP contribution in [0.4, 0.5) is 4.39 Å². The number of rotatable bonds is 0. The third kappa shape index (κ3) is 1.54. The number of ether oxygens (including phenoxy) is 1. The van der Waals surface area contributed by atoms with Crippen molar-refractivity contribution in [3.05, 3.63) is 0 Å². The fourth-order valence-corrected chi connectivity index (χ4v) is 1.23. The van der Waals surface area contributed by atoms with Crippen molar-refractivity contribution in [3.63, 3.8) is 0 Å². The van der Waals surface area contributed by atoms with Crippen LogP contribution in [0.15, 0.2) is 0 Å². The quantitative estimate of drug-likeness (QED) is 0.473. The summed E-state index contributed by atoms with van der Waals surface area (Å²) in [6, 6.07) is 0. The van der Waals surface area contributed by atoms with Gasteiger partial charge < -0.3 is 20.1 Å². The van der Waals surface area contributed by atoms with E-state index in [0.717, 1.165) is 0 Å². The van der Waals surface area contributed by atoms with Gasteiger partial charge in [-0.2, -0.15) is 0 Å². The highest BCUT2D eigenvalue weighted by molar-refractivity contribution is 9.10. The Morgan fingerprint density at radius 2 is 2.00 bits per heavy atom. The minimum Gasteiger partial charge on any atom is -0.388 e. The summed E-state index contributed by atoms with van der Waals surface area (Å²) in [7, 11) is 0. The monoisotopic (exact) mass is 230 g/mol. The molecule has 1 unspecified atom stereocenters. The Balaban J connectivity index is 2.72. The van der Waals surface area contributed by atoms with E-state index >= 15 is 0 Å². The van der Waals surface area contributed by atoms with Crippen molar-refractivity contribution >= 4 is 15.9 Å². The van der Waals surface area contributed by atoms with Gasteiger partial charge in [-0.05, 0) is 15.9 Å². The van der Waals surface area contributed by atoms with Crippen LogP contribution in [0.25, 0.3) is 0 Å². The van der Waals surface area contributed by atoms with Gasteiger partial charge in [0, 0.05) is 0 Å². The number of aliphatic hydroxyl groups excluding tert-OH is 3. The van der Waals surface area contributed by atoms with Crippen LogP contribution in [0, 0.1) is 0 Å². The van der Waals surface area contributed by atoms with E-state index in [-0.39, 0.29) is 6.61 Å². The lowest BCUT2D eigenvalue weighted by Gasteiger charge is -2.36. The zero-order valence-corrected chi connectivity index (χ0v) is 7.03. The van der Waals surface area contributed by atoms with Crippen molar-refractivity contribution in [2.24, 2.45) is 0 Å². The van der Waals surface area contributed by atoms with Crippen LogP contribution in [0.3, 0.4) is 0 Å². The van der Waals surface area contributed by atoms with Crippen LogP contribution in [0.1, 0.15) is 0 Å². The maximum atomic E-state index is 13.0. The first-order chi connectivity index (χ1) is 4.96. The maximum Gasteiger partial charge on any atom is 0.243 e. The predicted molar refractivity (Wildman–Crippen MR) is 36.7 cm³/mol. The summed E-state index contributed by atoms with van der Waals surface area (Å²) in [6.07, 6.45) is -4.74. The summed E-state index contributed by atoms with van der Waals surface area (Å²) in [5.74, 6) is 0. The fourth-order valence-electron chi connectivity index (χ4n) is 0.795. The molecule has 4 atom stereocenters. The Bertz CT molecular complexity index is 153. The zero-order chi connectivity index (χ0) is 8.65. The van der Waals surface area contributed by atoms with Crippen molar-refractivity contribution in [2.75, 3.05) is 6.61 Å². The van der Waals surface area contributed by atoms with Gasteiger partial charge in [-0.25, -0.2) is 4.39 Å². The van der Waals surface area contributed by atoms with E-state index in [4.69, 9.17) is 15.3 Å². The molecule has 11 heavy (non-hydrogen) atoms. The molecule has 66 valence electrons. The first-order valence-corrected chi connectivity index (χ1v) is 3.79. The second kappa shape index (κ2) is 2.95. The molecule has 0 saturated carbocycles. The molecule has 1 rings (SSSR count). The van der Waals surface area contributed by atoms with E-state index in [1.54, 1.807) is 0 Å². The predicted octanol–water partition coefficient (Wildman–Crippen LogP) is -0.883. The van der Waals surface area contributed by atoms with Gasteiger partial charge in [0.2, 0.25) is 10.9 Å². The highest BCUT2D eigenvalue weighted by Crippen LogP contribution is 2.34. The second-order valence-corrected chi connectivity index (χ2v) is 3.59. The molecule has 4 nitrogen and oxygen atoms in total. The van der Waals surface area contributed by atoms with Crippen LogP contribution < -0.4 is 0 Å². The molecule has 0 aromatic carbocycles. The number of hydrogen-bond acceptors (Lipinski definition) is 4. The highest BCUT2D eigenvalue weighted by atomic mass is 79.9. The molecule has 0 aromatic rings. The first kappa shape index (κ1) is 9.34. The van der Waals surface area contributed by atoms with Crippen molar-refractivity contribution < 1.29 is 24.4 Å². The Kier molecular flexibility index (Phi) is 2.50. The van der Waals surface area contributed by atoms with E-state index in [9.17, 15) is 4.39 Å². The van der Waals surface area contributed by atoms with Crippen molar-refractivity contribution in [2.45, 2.75) is 23.1 Å². The van der Waals surface area contributed by atoms with E-state index in [0.29, 0.717) is 0 Å².